The maximum absolute atomic E-state index is 6.52. The Morgan fingerprint density at radius 3 is 2.07 bits per heavy atom. The highest BCUT2D eigenvalue weighted by atomic mass is 32.1. The van der Waals surface area contributed by atoms with E-state index in [9.17, 15) is 0 Å². The van der Waals surface area contributed by atoms with Crippen LogP contribution in [0.5, 0.6) is 0 Å². The summed E-state index contributed by atoms with van der Waals surface area (Å²) in [6.07, 6.45) is 0. The van der Waals surface area contributed by atoms with E-state index in [1.807, 2.05) is 23.5 Å². The number of nitrogens with zero attached hydrogens (tertiary/aromatic N) is 1. The molecule has 0 bridgehead atoms. The van der Waals surface area contributed by atoms with E-state index < -0.39 is 0 Å². The van der Waals surface area contributed by atoms with Crippen molar-refractivity contribution in [2.75, 3.05) is 4.90 Å². The smallest absolute Gasteiger partial charge is 0.159 e. The van der Waals surface area contributed by atoms with E-state index in [0.29, 0.717) is 0 Å². The topological polar surface area (TPSA) is 16.4 Å². The Balaban J connectivity index is 1.22. The number of benzene rings is 8. The predicted octanol–water partition coefficient (Wildman–Crippen LogP) is 12.9. The van der Waals surface area contributed by atoms with Crippen LogP contribution in [0, 0.1) is 0 Å². The Bertz CT molecular complexity index is 2770. The molecule has 45 heavy (non-hydrogen) atoms. The van der Waals surface area contributed by atoms with Gasteiger partial charge in [0.15, 0.2) is 5.58 Å². The third kappa shape index (κ3) is 3.62. The summed E-state index contributed by atoms with van der Waals surface area (Å²) in [4.78, 5) is 2.32. The van der Waals surface area contributed by atoms with Crippen LogP contribution in [0.2, 0.25) is 0 Å². The van der Waals surface area contributed by atoms with Crippen LogP contribution in [-0.2, 0) is 0 Å². The van der Waals surface area contributed by atoms with Crippen LogP contribution in [0.1, 0.15) is 0 Å². The molecule has 0 unspecified atom stereocenters. The first-order chi connectivity index (χ1) is 22.3. The van der Waals surface area contributed by atoms with Crippen LogP contribution >= 0.6 is 11.3 Å². The molecule has 0 aliphatic carbocycles. The maximum Gasteiger partial charge on any atom is 0.159 e. The summed E-state index contributed by atoms with van der Waals surface area (Å²) in [7, 11) is 0. The van der Waals surface area contributed by atoms with Crippen molar-refractivity contribution in [1.29, 1.82) is 0 Å². The minimum atomic E-state index is 0.888. The number of furan rings is 1. The van der Waals surface area contributed by atoms with Gasteiger partial charge in [-0.25, -0.2) is 0 Å². The van der Waals surface area contributed by atoms with E-state index in [0.717, 1.165) is 39.0 Å². The van der Waals surface area contributed by atoms with Crippen LogP contribution in [0.3, 0.4) is 0 Å². The SMILES string of the molecule is c1ccc(N(c2ccc3c(ccc4ccc5c(ccc6c7ccccc7sc65)c43)c2)c2cccc3c2oc2ccccc23)cc1. The summed E-state index contributed by atoms with van der Waals surface area (Å²) < 4.78 is 9.21. The van der Waals surface area contributed by atoms with Crippen LogP contribution in [0.4, 0.5) is 17.1 Å². The van der Waals surface area contributed by atoms with Crippen molar-refractivity contribution in [2.24, 2.45) is 0 Å². The van der Waals surface area contributed by atoms with Gasteiger partial charge in [-0.3, -0.25) is 0 Å². The first-order valence-corrected chi connectivity index (χ1v) is 16.1. The van der Waals surface area contributed by atoms with Crippen molar-refractivity contribution in [3.8, 4) is 0 Å². The summed E-state index contributed by atoms with van der Waals surface area (Å²) in [5.41, 5.74) is 4.99. The van der Waals surface area contributed by atoms with Crippen molar-refractivity contribution in [3.05, 3.63) is 152 Å². The lowest BCUT2D eigenvalue weighted by Crippen LogP contribution is -2.10. The third-order valence-electron chi connectivity index (χ3n) is 9.22. The molecule has 0 N–H and O–H groups in total. The van der Waals surface area contributed by atoms with E-state index in [1.165, 1.54) is 52.5 Å². The molecule has 2 aromatic heterocycles. The highest BCUT2D eigenvalue weighted by Crippen LogP contribution is 2.45. The Kier molecular flexibility index (Phi) is 5.19. The average molecular weight is 592 g/mol. The zero-order chi connectivity index (χ0) is 29.5. The Morgan fingerprint density at radius 2 is 1.13 bits per heavy atom. The fourth-order valence-electron chi connectivity index (χ4n) is 7.19. The Morgan fingerprint density at radius 1 is 0.444 bits per heavy atom. The molecule has 0 atom stereocenters. The molecule has 210 valence electrons. The lowest BCUT2D eigenvalue weighted by atomic mass is 9.95. The number of hydrogen-bond donors (Lipinski definition) is 0. The molecule has 0 aliphatic heterocycles. The van der Waals surface area contributed by atoms with Crippen molar-refractivity contribution >= 4 is 103 Å². The van der Waals surface area contributed by atoms with Gasteiger partial charge in [0.2, 0.25) is 0 Å². The Hall–Kier alpha value is -5.64. The van der Waals surface area contributed by atoms with Crippen LogP contribution in [-0.4, -0.2) is 0 Å². The minimum absolute atomic E-state index is 0.888. The molecule has 0 radical (unpaired) electrons. The summed E-state index contributed by atoms with van der Waals surface area (Å²) in [5, 5.41) is 12.6. The largest absolute Gasteiger partial charge is 0.454 e. The molecule has 10 rings (SSSR count). The van der Waals surface area contributed by atoms with E-state index in [-0.39, 0.29) is 0 Å². The molecular weight excluding hydrogens is 567 g/mol. The van der Waals surface area contributed by atoms with Crippen molar-refractivity contribution in [1.82, 2.24) is 0 Å². The zero-order valence-corrected chi connectivity index (χ0v) is 25.0. The van der Waals surface area contributed by atoms with Gasteiger partial charge < -0.3 is 9.32 Å². The van der Waals surface area contributed by atoms with Crippen LogP contribution in [0.25, 0.3) is 74.4 Å². The van der Waals surface area contributed by atoms with Gasteiger partial charge in [0.1, 0.15) is 5.58 Å². The van der Waals surface area contributed by atoms with E-state index >= 15 is 0 Å². The molecule has 8 aromatic carbocycles. The normalized spacial score (nSPS) is 12.0. The monoisotopic (exact) mass is 591 g/mol. The summed E-state index contributed by atoms with van der Waals surface area (Å²) in [6, 6.07) is 54.7. The van der Waals surface area contributed by atoms with Gasteiger partial charge in [0.05, 0.1) is 5.69 Å². The molecule has 0 amide bonds. The van der Waals surface area contributed by atoms with Gasteiger partial charge in [0.25, 0.3) is 0 Å². The highest BCUT2D eigenvalue weighted by molar-refractivity contribution is 7.26. The number of fused-ring (bicyclic) bond motifs is 12. The molecule has 2 heterocycles. The van der Waals surface area contributed by atoms with Gasteiger partial charge in [0, 0.05) is 47.7 Å². The van der Waals surface area contributed by atoms with E-state index in [4.69, 9.17) is 4.42 Å². The lowest BCUT2D eigenvalue weighted by molar-refractivity contribution is 0.669. The maximum atomic E-state index is 6.52. The Labute approximate surface area is 263 Å². The molecular formula is C42H25NOS. The molecule has 0 fully saturated rings. The van der Waals surface area contributed by atoms with Crippen molar-refractivity contribution in [2.45, 2.75) is 0 Å². The van der Waals surface area contributed by atoms with Gasteiger partial charge >= 0.3 is 0 Å². The van der Waals surface area contributed by atoms with Crippen LogP contribution < -0.4 is 4.90 Å². The second kappa shape index (κ2) is 9.43. The number of thiophene rings is 1. The molecule has 0 saturated heterocycles. The molecule has 0 saturated carbocycles. The number of rotatable bonds is 3. The fraction of sp³-hybridized carbons (Fsp3) is 0. The summed E-state index contributed by atoms with van der Waals surface area (Å²) in [6.45, 7) is 0. The minimum Gasteiger partial charge on any atom is -0.454 e. The molecule has 2 nitrogen and oxygen atoms in total. The van der Waals surface area contributed by atoms with Crippen molar-refractivity contribution in [3.63, 3.8) is 0 Å². The third-order valence-corrected chi connectivity index (χ3v) is 10.4. The van der Waals surface area contributed by atoms with Gasteiger partial charge in [-0.2, -0.15) is 0 Å². The van der Waals surface area contributed by atoms with Gasteiger partial charge in [-0.1, -0.05) is 109 Å². The molecule has 0 spiro atoms. The number of hydrogen-bond acceptors (Lipinski definition) is 3. The van der Waals surface area contributed by atoms with E-state index in [1.54, 1.807) is 0 Å². The second-order valence-corrected chi connectivity index (χ2v) is 12.7. The molecule has 10 aromatic rings. The van der Waals surface area contributed by atoms with Crippen LogP contribution in [0.15, 0.2) is 156 Å². The fourth-order valence-corrected chi connectivity index (χ4v) is 8.42. The summed E-state index contributed by atoms with van der Waals surface area (Å²) in [5.74, 6) is 0. The first kappa shape index (κ1) is 24.8. The van der Waals surface area contributed by atoms with Gasteiger partial charge in [-0.15, -0.1) is 11.3 Å². The molecule has 0 aliphatic rings. The predicted molar refractivity (Wildman–Crippen MR) is 194 cm³/mol. The standard InChI is InChI=1S/C42H25NOS/c1-2-9-28(10-3-1)43(37-14-8-13-34-31-11-4-6-15-38(31)44-41(34)37)29-20-22-30-27(25-29)18-17-26-19-21-36-33(40(26)30)23-24-35-32-12-5-7-16-39(32)45-42(35)36/h1-25H. The van der Waals surface area contributed by atoms with E-state index in [2.05, 4.69) is 144 Å². The number of para-hydroxylation sites is 3. The quantitative estimate of drug-likeness (QED) is 0.190. The lowest BCUT2D eigenvalue weighted by Gasteiger charge is -2.26. The van der Waals surface area contributed by atoms with Gasteiger partial charge in [-0.05, 0) is 69.4 Å². The first-order valence-electron chi connectivity index (χ1n) is 15.3. The average Bonchev–Trinajstić information content (AvgIpc) is 3.68. The molecule has 3 heteroatoms. The zero-order valence-electron chi connectivity index (χ0n) is 24.2. The number of anilines is 3. The highest BCUT2D eigenvalue weighted by Gasteiger charge is 2.20. The van der Waals surface area contributed by atoms with Crippen molar-refractivity contribution < 1.29 is 4.42 Å². The second-order valence-electron chi connectivity index (χ2n) is 11.7. The summed E-state index contributed by atoms with van der Waals surface area (Å²) >= 11 is 1.89.